The number of ether oxygens (including phenoxy) is 2. The van der Waals surface area contributed by atoms with Gasteiger partial charge in [-0.3, -0.25) is 24.1 Å². The van der Waals surface area contributed by atoms with E-state index in [1.807, 2.05) is 0 Å². The van der Waals surface area contributed by atoms with Gasteiger partial charge in [-0.15, -0.1) is 0 Å². The number of rotatable bonds is 7. The molecule has 0 N–H and O–H groups in total. The topological polar surface area (TPSA) is 90.0 Å². The van der Waals surface area contributed by atoms with Gasteiger partial charge in [0.05, 0.1) is 25.4 Å². The lowest BCUT2D eigenvalue weighted by Gasteiger charge is -2.28. The second-order valence-corrected chi connectivity index (χ2v) is 10.0. The highest BCUT2D eigenvalue weighted by Gasteiger charge is 2.66. The van der Waals surface area contributed by atoms with Crippen molar-refractivity contribution >= 4 is 55.4 Å². The molecule has 1 heterocycles. The van der Waals surface area contributed by atoms with Crippen molar-refractivity contribution in [2.75, 3.05) is 20.3 Å². The smallest absolute Gasteiger partial charge is 0.308 e. The number of hydrogen-bond donors (Lipinski definition) is 0. The van der Waals surface area contributed by atoms with Crippen molar-refractivity contribution in [3.63, 3.8) is 0 Å². The largest absolute Gasteiger partial charge is 0.497 e. The highest BCUT2D eigenvalue weighted by molar-refractivity contribution is 9.12. The molecule has 0 spiro atoms. The first-order chi connectivity index (χ1) is 14.3. The Kier molecular flexibility index (Phi) is 6.03. The molecule has 4 rings (SSSR count). The first-order valence-electron chi connectivity index (χ1n) is 9.79. The number of ketones is 1. The fourth-order valence-electron chi connectivity index (χ4n) is 4.91. The quantitative estimate of drug-likeness (QED) is 0.228. The lowest BCUT2D eigenvalue weighted by molar-refractivity contribution is -0.145. The number of amides is 2. The summed E-state index contributed by atoms with van der Waals surface area (Å²) in [6.45, 7) is -0.404. The zero-order chi connectivity index (χ0) is 21.6. The summed E-state index contributed by atoms with van der Waals surface area (Å²) >= 11 is 7.29. The molecule has 2 saturated carbocycles. The van der Waals surface area contributed by atoms with E-state index in [9.17, 15) is 19.2 Å². The van der Waals surface area contributed by atoms with E-state index in [2.05, 4.69) is 31.9 Å². The highest BCUT2D eigenvalue weighted by Crippen LogP contribution is 2.60. The number of methoxy groups -OCH3 is 1. The third-order valence-corrected chi connectivity index (χ3v) is 9.60. The summed E-state index contributed by atoms with van der Waals surface area (Å²) < 4.78 is 10.1. The van der Waals surface area contributed by atoms with Gasteiger partial charge in [0.2, 0.25) is 11.8 Å². The fraction of sp³-hybridized carbons (Fsp3) is 0.524. The Morgan fingerprint density at radius 2 is 1.60 bits per heavy atom. The lowest BCUT2D eigenvalue weighted by Crippen LogP contribution is -2.37. The molecule has 2 amide bonds. The van der Waals surface area contributed by atoms with Gasteiger partial charge in [0.1, 0.15) is 5.75 Å². The molecule has 9 heteroatoms. The molecule has 1 aliphatic heterocycles. The maximum Gasteiger partial charge on any atom is 0.308 e. The van der Waals surface area contributed by atoms with Gasteiger partial charge in [-0.1, -0.05) is 31.9 Å². The van der Waals surface area contributed by atoms with Crippen molar-refractivity contribution in [2.45, 2.75) is 22.5 Å². The molecule has 2 aliphatic carbocycles. The summed E-state index contributed by atoms with van der Waals surface area (Å²) in [5.41, 5.74) is 0.408. The average Bonchev–Trinajstić information content (AvgIpc) is 3.35. The van der Waals surface area contributed by atoms with E-state index in [0.717, 1.165) is 6.42 Å². The standard InChI is InChI=1S/C21H21Br2NO6/c1-29-11-4-2-10(3-5-11)14(25)9-30-15(26)6-7-24-20(27)16-12-8-13(17(16)21(24)28)19(23)18(12)22/h2-5,12-13,16-19H,6-9H2,1H3/t12-,13+,16+,17-,18-,19-/m1/s1. The molecule has 1 aromatic rings. The average molecular weight is 543 g/mol. The SMILES string of the molecule is COc1ccc(C(=O)COC(=O)CCN2C(=O)[C@@H]3[C@@H]4C[C@@H]([C@@H](Br)[C@@H]4Br)[C@@H]3C2=O)cc1. The molecule has 6 atom stereocenters. The lowest BCUT2D eigenvalue weighted by atomic mass is 9.81. The molecule has 1 aromatic carbocycles. The normalized spacial score (nSPS) is 31.8. The second-order valence-electron chi connectivity index (χ2n) is 7.89. The Bertz CT molecular complexity index is 856. The van der Waals surface area contributed by atoms with Gasteiger partial charge in [-0.05, 0) is 42.5 Å². The van der Waals surface area contributed by atoms with Crippen LogP contribution >= 0.6 is 31.9 Å². The molecule has 0 unspecified atom stereocenters. The minimum atomic E-state index is -0.616. The number of carbonyl (C=O) groups is 4. The van der Waals surface area contributed by atoms with E-state index >= 15 is 0 Å². The van der Waals surface area contributed by atoms with E-state index in [4.69, 9.17) is 9.47 Å². The van der Waals surface area contributed by atoms with Gasteiger partial charge < -0.3 is 9.47 Å². The van der Waals surface area contributed by atoms with Crippen LogP contribution < -0.4 is 4.74 Å². The van der Waals surface area contributed by atoms with Crippen LogP contribution in [0.5, 0.6) is 5.75 Å². The maximum absolute atomic E-state index is 12.8. The second kappa shape index (κ2) is 8.42. The Labute approximate surface area is 190 Å². The Hall–Kier alpha value is -1.74. The summed E-state index contributed by atoms with van der Waals surface area (Å²) in [6.07, 6.45) is 0.736. The van der Waals surface area contributed by atoms with Crippen LogP contribution in [0.1, 0.15) is 23.2 Å². The van der Waals surface area contributed by atoms with E-state index in [0.29, 0.717) is 11.3 Å². The fourth-order valence-corrected chi connectivity index (χ4v) is 6.79. The zero-order valence-electron chi connectivity index (χ0n) is 16.3. The number of Topliss-reactive ketones (excluding diaryl/α,β-unsaturated/α-hetero) is 1. The number of halogens is 2. The highest BCUT2D eigenvalue weighted by atomic mass is 79.9. The van der Waals surface area contributed by atoms with Gasteiger partial charge in [0.25, 0.3) is 0 Å². The van der Waals surface area contributed by atoms with Crippen molar-refractivity contribution in [3.05, 3.63) is 29.8 Å². The van der Waals surface area contributed by atoms with Gasteiger partial charge in [-0.2, -0.15) is 0 Å². The van der Waals surface area contributed by atoms with Crippen LogP contribution in [-0.4, -0.2) is 58.4 Å². The van der Waals surface area contributed by atoms with Gasteiger partial charge in [0, 0.05) is 21.8 Å². The molecular weight excluding hydrogens is 522 g/mol. The predicted molar refractivity (Wildman–Crippen MR) is 114 cm³/mol. The van der Waals surface area contributed by atoms with E-state index in [-0.39, 0.29) is 70.5 Å². The Balaban J connectivity index is 1.28. The number of likely N-dealkylation sites (tertiary alicyclic amines) is 1. The molecule has 7 nitrogen and oxygen atoms in total. The van der Waals surface area contributed by atoms with E-state index < -0.39 is 5.97 Å². The molecule has 160 valence electrons. The third-order valence-electron chi connectivity index (χ3n) is 6.39. The molecule has 30 heavy (non-hydrogen) atoms. The summed E-state index contributed by atoms with van der Waals surface area (Å²) in [6, 6.07) is 6.49. The number of hydrogen-bond acceptors (Lipinski definition) is 6. The molecule has 0 radical (unpaired) electrons. The van der Waals surface area contributed by atoms with Crippen LogP contribution in [0.15, 0.2) is 24.3 Å². The van der Waals surface area contributed by atoms with E-state index in [1.54, 1.807) is 24.3 Å². The third kappa shape index (κ3) is 3.60. The van der Waals surface area contributed by atoms with Crippen molar-refractivity contribution < 1.29 is 28.7 Å². The number of alkyl halides is 2. The summed E-state index contributed by atoms with van der Waals surface area (Å²) in [7, 11) is 1.53. The van der Waals surface area contributed by atoms with Crippen LogP contribution in [0.25, 0.3) is 0 Å². The summed E-state index contributed by atoms with van der Waals surface area (Å²) in [5.74, 6) is -1.03. The number of nitrogens with zero attached hydrogens (tertiary/aromatic N) is 1. The maximum atomic E-state index is 12.8. The van der Waals surface area contributed by atoms with E-state index in [1.165, 1.54) is 12.0 Å². The van der Waals surface area contributed by atoms with Gasteiger partial charge >= 0.3 is 5.97 Å². The van der Waals surface area contributed by atoms with Crippen LogP contribution in [0, 0.1) is 23.7 Å². The summed E-state index contributed by atoms with van der Waals surface area (Å²) in [5, 5.41) is 0. The molecule has 3 fully saturated rings. The first-order valence-corrected chi connectivity index (χ1v) is 11.6. The number of fused-ring (bicyclic) bond motifs is 5. The van der Waals surface area contributed by atoms with Crippen LogP contribution in [-0.2, 0) is 19.1 Å². The molecule has 2 bridgehead atoms. The number of imide groups is 1. The van der Waals surface area contributed by atoms with Crippen LogP contribution in [0.4, 0.5) is 0 Å². The van der Waals surface area contributed by atoms with Gasteiger partial charge in [-0.25, -0.2) is 0 Å². The Morgan fingerprint density at radius 1 is 1.03 bits per heavy atom. The van der Waals surface area contributed by atoms with Crippen LogP contribution in [0.3, 0.4) is 0 Å². The monoisotopic (exact) mass is 541 g/mol. The Morgan fingerprint density at radius 3 is 2.13 bits per heavy atom. The predicted octanol–water partition coefficient (Wildman–Crippen LogP) is 2.59. The van der Waals surface area contributed by atoms with Crippen molar-refractivity contribution in [1.82, 2.24) is 4.90 Å². The first kappa shape index (κ1) is 21.5. The molecular formula is C21H21Br2NO6. The summed E-state index contributed by atoms with van der Waals surface area (Å²) in [4.78, 5) is 51.4. The van der Waals surface area contributed by atoms with Crippen molar-refractivity contribution in [1.29, 1.82) is 0 Å². The number of benzene rings is 1. The molecule has 0 aromatic heterocycles. The van der Waals surface area contributed by atoms with Crippen molar-refractivity contribution in [2.24, 2.45) is 23.7 Å². The molecule has 3 aliphatic rings. The van der Waals surface area contributed by atoms with Crippen molar-refractivity contribution in [3.8, 4) is 5.75 Å². The van der Waals surface area contributed by atoms with Gasteiger partial charge in [0.15, 0.2) is 12.4 Å². The minimum absolute atomic E-state index is 0.0143. The van der Waals surface area contributed by atoms with Crippen LogP contribution in [0.2, 0.25) is 0 Å². The number of carbonyl (C=O) groups excluding carboxylic acids is 4. The zero-order valence-corrected chi connectivity index (χ0v) is 19.4. The minimum Gasteiger partial charge on any atom is -0.497 e. The molecule has 1 saturated heterocycles. The number of esters is 1.